The fraction of sp³-hybridized carbons (Fsp3) is 0.571. The molecule has 1 aliphatic rings. The molecule has 0 bridgehead atoms. The van der Waals surface area contributed by atoms with Gasteiger partial charge < -0.3 is 10.0 Å². The van der Waals surface area contributed by atoms with Crippen LogP contribution in [0.4, 0.5) is 13.2 Å². The van der Waals surface area contributed by atoms with Crippen LogP contribution in [0.1, 0.15) is 17.2 Å². The lowest BCUT2D eigenvalue weighted by atomic mass is 9.94. The number of hydrogen-bond acceptors (Lipinski definition) is 3. The summed E-state index contributed by atoms with van der Waals surface area (Å²) in [6, 6.07) is 4.91. The molecule has 1 aromatic rings. The average Bonchev–Trinajstić information content (AvgIpc) is 2.40. The predicted molar refractivity (Wildman–Crippen MR) is 70.3 cm³/mol. The molecule has 0 aliphatic carbocycles. The van der Waals surface area contributed by atoms with Crippen molar-refractivity contribution in [3.63, 3.8) is 0 Å². The van der Waals surface area contributed by atoms with E-state index in [1.807, 2.05) is 23.9 Å². The van der Waals surface area contributed by atoms with Crippen LogP contribution in [0.25, 0.3) is 0 Å². The van der Waals surface area contributed by atoms with Gasteiger partial charge in [-0.05, 0) is 25.7 Å². The van der Waals surface area contributed by atoms with E-state index in [4.69, 9.17) is 0 Å². The van der Waals surface area contributed by atoms with Crippen molar-refractivity contribution in [2.75, 3.05) is 33.7 Å². The van der Waals surface area contributed by atoms with Crippen molar-refractivity contribution in [1.29, 1.82) is 0 Å². The average molecular weight is 288 g/mol. The summed E-state index contributed by atoms with van der Waals surface area (Å²) >= 11 is 0. The smallest absolute Gasteiger partial charge is 0.387 e. The fourth-order valence-corrected chi connectivity index (χ4v) is 2.61. The van der Waals surface area contributed by atoms with Gasteiger partial charge in [0.25, 0.3) is 0 Å². The lowest BCUT2D eigenvalue weighted by molar-refractivity contribution is -0.139. The standard InChI is InChI=1S/C14H19F3N2O/c1-18-7-8-19(2)12(9-18)13(20)10-5-3-4-6-11(10)14(15,16)17/h3-6,12-13,20H,7-9H2,1-2H3. The predicted octanol–water partition coefficient (Wildman–Crippen LogP) is 1.98. The maximum Gasteiger partial charge on any atom is 0.416 e. The highest BCUT2D eigenvalue weighted by atomic mass is 19.4. The molecular formula is C14H19F3N2O. The molecule has 1 aliphatic heterocycles. The van der Waals surface area contributed by atoms with Gasteiger partial charge in [0.05, 0.1) is 17.7 Å². The van der Waals surface area contributed by atoms with E-state index in [2.05, 4.69) is 0 Å². The number of benzene rings is 1. The molecule has 1 aromatic carbocycles. The zero-order chi connectivity index (χ0) is 14.9. The Bertz CT molecular complexity index is 464. The number of alkyl halides is 3. The van der Waals surface area contributed by atoms with Gasteiger partial charge >= 0.3 is 6.18 Å². The van der Waals surface area contributed by atoms with Crippen LogP contribution in [-0.2, 0) is 6.18 Å². The molecule has 0 spiro atoms. The molecule has 6 heteroatoms. The van der Waals surface area contributed by atoms with Crippen LogP contribution in [-0.4, -0.2) is 54.7 Å². The molecule has 2 atom stereocenters. The van der Waals surface area contributed by atoms with E-state index in [9.17, 15) is 18.3 Å². The summed E-state index contributed by atoms with van der Waals surface area (Å²) in [6.07, 6.45) is -5.60. The van der Waals surface area contributed by atoms with Crippen molar-refractivity contribution >= 4 is 0 Å². The number of rotatable bonds is 2. The second-order valence-corrected chi connectivity index (χ2v) is 5.34. The number of hydrogen-bond donors (Lipinski definition) is 1. The molecule has 0 saturated carbocycles. The molecule has 20 heavy (non-hydrogen) atoms. The molecule has 1 fully saturated rings. The molecule has 3 nitrogen and oxygen atoms in total. The van der Waals surface area contributed by atoms with E-state index in [0.29, 0.717) is 6.54 Å². The Balaban J connectivity index is 2.31. The van der Waals surface area contributed by atoms with E-state index in [0.717, 1.165) is 19.2 Å². The monoisotopic (exact) mass is 288 g/mol. The Hall–Kier alpha value is -1.11. The van der Waals surface area contributed by atoms with Crippen molar-refractivity contribution in [2.45, 2.75) is 18.3 Å². The van der Waals surface area contributed by atoms with Gasteiger partial charge in [-0.3, -0.25) is 4.90 Å². The van der Waals surface area contributed by atoms with Gasteiger partial charge in [-0.1, -0.05) is 18.2 Å². The molecule has 2 unspecified atom stereocenters. The SMILES string of the molecule is CN1CCN(C)C(C(O)c2ccccc2C(F)(F)F)C1. The summed E-state index contributed by atoms with van der Waals surface area (Å²) in [5, 5.41) is 10.4. The Labute approximate surface area is 116 Å². The Morgan fingerprint density at radius 1 is 1.20 bits per heavy atom. The van der Waals surface area contributed by atoms with Gasteiger partial charge in [0, 0.05) is 19.6 Å². The minimum Gasteiger partial charge on any atom is -0.387 e. The van der Waals surface area contributed by atoms with Crippen LogP contribution in [0.5, 0.6) is 0 Å². The highest BCUT2D eigenvalue weighted by molar-refractivity contribution is 5.32. The van der Waals surface area contributed by atoms with Gasteiger partial charge in [-0.25, -0.2) is 0 Å². The molecule has 0 aromatic heterocycles. The quantitative estimate of drug-likeness (QED) is 0.901. The Morgan fingerprint density at radius 3 is 2.50 bits per heavy atom. The zero-order valence-corrected chi connectivity index (χ0v) is 11.6. The summed E-state index contributed by atoms with van der Waals surface area (Å²) in [6.45, 7) is 2.12. The van der Waals surface area contributed by atoms with Crippen molar-refractivity contribution in [2.24, 2.45) is 0 Å². The van der Waals surface area contributed by atoms with Crippen molar-refractivity contribution < 1.29 is 18.3 Å². The maximum absolute atomic E-state index is 13.0. The largest absolute Gasteiger partial charge is 0.416 e. The second-order valence-electron chi connectivity index (χ2n) is 5.34. The van der Waals surface area contributed by atoms with Gasteiger partial charge in [0.15, 0.2) is 0 Å². The molecule has 0 amide bonds. The minimum absolute atomic E-state index is 0.0489. The van der Waals surface area contributed by atoms with Crippen LogP contribution >= 0.6 is 0 Å². The van der Waals surface area contributed by atoms with Gasteiger partial charge in [0.2, 0.25) is 0 Å². The summed E-state index contributed by atoms with van der Waals surface area (Å²) in [7, 11) is 3.74. The molecule has 2 rings (SSSR count). The van der Waals surface area contributed by atoms with Gasteiger partial charge in [0.1, 0.15) is 0 Å². The van der Waals surface area contributed by atoms with E-state index >= 15 is 0 Å². The van der Waals surface area contributed by atoms with E-state index in [-0.39, 0.29) is 11.6 Å². The summed E-state index contributed by atoms with van der Waals surface area (Å²) in [4.78, 5) is 3.93. The van der Waals surface area contributed by atoms with E-state index < -0.39 is 17.8 Å². The highest BCUT2D eigenvalue weighted by Crippen LogP contribution is 2.36. The third kappa shape index (κ3) is 3.13. The fourth-order valence-electron chi connectivity index (χ4n) is 2.61. The molecule has 1 saturated heterocycles. The number of aliphatic hydroxyl groups is 1. The van der Waals surface area contributed by atoms with Crippen LogP contribution in [0.3, 0.4) is 0 Å². The summed E-state index contributed by atoms with van der Waals surface area (Å²) in [5.74, 6) is 0. The van der Waals surface area contributed by atoms with Crippen molar-refractivity contribution in [1.82, 2.24) is 9.80 Å². The second kappa shape index (κ2) is 5.71. The number of nitrogens with zero attached hydrogens (tertiary/aromatic N) is 2. The normalized spacial score (nSPS) is 23.8. The minimum atomic E-state index is -4.45. The number of likely N-dealkylation sites (N-methyl/N-ethyl adjacent to an activating group) is 2. The zero-order valence-electron chi connectivity index (χ0n) is 11.6. The number of aliphatic hydroxyl groups excluding tert-OH is 1. The first kappa shape index (κ1) is 15.3. The van der Waals surface area contributed by atoms with Crippen LogP contribution < -0.4 is 0 Å². The van der Waals surface area contributed by atoms with Gasteiger partial charge in [-0.2, -0.15) is 13.2 Å². The highest BCUT2D eigenvalue weighted by Gasteiger charge is 2.38. The molecule has 112 valence electrons. The third-order valence-electron chi connectivity index (χ3n) is 3.85. The van der Waals surface area contributed by atoms with Crippen LogP contribution in [0.15, 0.2) is 24.3 Å². The van der Waals surface area contributed by atoms with Gasteiger partial charge in [-0.15, -0.1) is 0 Å². The first-order valence-corrected chi connectivity index (χ1v) is 6.53. The lowest BCUT2D eigenvalue weighted by Crippen LogP contribution is -2.52. The van der Waals surface area contributed by atoms with E-state index in [1.54, 1.807) is 0 Å². The Kier molecular flexibility index (Phi) is 4.36. The number of piperazine rings is 1. The third-order valence-corrected chi connectivity index (χ3v) is 3.85. The first-order chi connectivity index (χ1) is 9.30. The van der Waals surface area contributed by atoms with Crippen molar-refractivity contribution in [3.8, 4) is 0 Å². The van der Waals surface area contributed by atoms with E-state index in [1.165, 1.54) is 18.2 Å². The van der Waals surface area contributed by atoms with Crippen LogP contribution in [0, 0.1) is 0 Å². The van der Waals surface area contributed by atoms with Crippen molar-refractivity contribution in [3.05, 3.63) is 35.4 Å². The lowest BCUT2D eigenvalue weighted by Gasteiger charge is -2.40. The number of halogens is 3. The Morgan fingerprint density at radius 2 is 1.85 bits per heavy atom. The molecule has 0 radical (unpaired) electrons. The summed E-state index contributed by atoms with van der Waals surface area (Å²) < 4.78 is 39.0. The topological polar surface area (TPSA) is 26.7 Å². The summed E-state index contributed by atoms with van der Waals surface area (Å²) in [5.41, 5.74) is -0.804. The maximum atomic E-state index is 13.0. The van der Waals surface area contributed by atoms with Crippen LogP contribution in [0.2, 0.25) is 0 Å². The molecule has 1 N–H and O–H groups in total. The first-order valence-electron chi connectivity index (χ1n) is 6.53. The molecular weight excluding hydrogens is 269 g/mol. The molecule has 1 heterocycles.